The first kappa shape index (κ1) is 30.4. The molecule has 0 unspecified atom stereocenters. The average Bonchev–Trinajstić information content (AvgIpc) is 3.82. The minimum atomic E-state index is 0.899. The molecule has 0 radical (unpaired) electrons. The first-order valence-electron chi connectivity index (χ1n) is 18.4. The van der Waals surface area contributed by atoms with Crippen LogP contribution in [-0.4, -0.2) is 9.55 Å². The highest BCUT2D eigenvalue weighted by molar-refractivity contribution is 6.22. The molecule has 54 heavy (non-hydrogen) atoms. The van der Waals surface area contributed by atoms with E-state index in [9.17, 15) is 0 Å². The molecule has 11 rings (SSSR count). The number of aromatic nitrogens is 2. The summed E-state index contributed by atoms with van der Waals surface area (Å²) >= 11 is 0. The molecule has 0 saturated heterocycles. The standard InChI is InChI=1S/C51H32N2O/c1-3-13-33(14-4-1)36-25-29-42-44(31-36)50(37-26-30-48-43(32-37)39-17-9-12-22-47(39)54-48)41-19-8-7-18-40(41)49(42)34-23-27-38(28-24-34)53-46-21-11-10-20-45(46)52-51(53)35-15-5-2-6-16-35/h1-32H. The highest BCUT2D eigenvalue weighted by Crippen LogP contribution is 2.46. The van der Waals surface area contributed by atoms with Crippen molar-refractivity contribution in [3.63, 3.8) is 0 Å². The highest BCUT2D eigenvalue weighted by atomic mass is 16.3. The van der Waals surface area contributed by atoms with E-state index >= 15 is 0 Å². The van der Waals surface area contributed by atoms with Crippen molar-refractivity contribution >= 4 is 54.5 Å². The third-order valence-electron chi connectivity index (χ3n) is 10.8. The van der Waals surface area contributed by atoms with E-state index in [4.69, 9.17) is 9.40 Å². The summed E-state index contributed by atoms with van der Waals surface area (Å²) < 4.78 is 8.53. The van der Waals surface area contributed by atoms with Crippen LogP contribution in [0.5, 0.6) is 0 Å². The number of hydrogen-bond acceptors (Lipinski definition) is 2. The number of rotatable bonds is 5. The number of para-hydroxylation sites is 3. The molecular weight excluding hydrogens is 657 g/mol. The van der Waals surface area contributed by atoms with E-state index in [0.29, 0.717) is 0 Å². The van der Waals surface area contributed by atoms with Crippen molar-refractivity contribution in [2.45, 2.75) is 0 Å². The van der Waals surface area contributed by atoms with Crippen LogP contribution in [-0.2, 0) is 0 Å². The van der Waals surface area contributed by atoms with Gasteiger partial charge in [0.25, 0.3) is 0 Å². The van der Waals surface area contributed by atoms with Gasteiger partial charge in [-0.2, -0.15) is 0 Å². The Hall–Kier alpha value is -7.23. The molecule has 0 N–H and O–H groups in total. The van der Waals surface area contributed by atoms with Crippen molar-refractivity contribution in [3.8, 4) is 50.5 Å². The summed E-state index contributed by atoms with van der Waals surface area (Å²) in [6.45, 7) is 0. The van der Waals surface area contributed by atoms with Gasteiger partial charge < -0.3 is 4.42 Å². The summed E-state index contributed by atoms with van der Waals surface area (Å²) in [4.78, 5) is 5.08. The van der Waals surface area contributed by atoms with Crippen LogP contribution in [0, 0.1) is 0 Å². The Kier molecular flexibility index (Phi) is 6.86. The second-order valence-electron chi connectivity index (χ2n) is 13.9. The Labute approximate surface area is 312 Å². The van der Waals surface area contributed by atoms with Crippen molar-refractivity contribution in [1.82, 2.24) is 9.55 Å². The fourth-order valence-electron chi connectivity index (χ4n) is 8.34. The molecule has 0 bridgehead atoms. The van der Waals surface area contributed by atoms with E-state index in [1.54, 1.807) is 0 Å². The second-order valence-corrected chi connectivity index (χ2v) is 13.9. The number of imidazole rings is 1. The number of hydrogen-bond donors (Lipinski definition) is 0. The van der Waals surface area contributed by atoms with Gasteiger partial charge in [-0.3, -0.25) is 4.57 Å². The number of furan rings is 1. The van der Waals surface area contributed by atoms with Crippen LogP contribution in [0.2, 0.25) is 0 Å². The highest BCUT2D eigenvalue weighted by Gasteiger charge is 2.20. The van der Waals surface area contributed by atoms with Crippen molar-refractivity contribution < 1.29 is 4.42 Å². The summed E-state index contributed by atoms with van der Waals surface area (Å²) in [7, 11) is 0. The normalized spacial score (nSPS) is 11.7. The lowest BCUT2D eigenvalue weighted by Crippen LogP contribution is -1.98. The lowest BCUT2D eigenvalue weighted by Gasteiger charge is -2.19. The molecule has 11 aromatic rings. The zero-order valence-electron chi connectivity index (χ0n) is 29.3. The number of fused-ring (bicyclic) bond motifs is 6. The van der Waals surface area contributed by atoms with E-state index in [1.165, 1.54) is 54.9 Å². The Morgan fingerprint density at radius 3 is 1.69 bits per heavy atom. The predicted molar refractivity (Wildman–Crippen MR) is 225 cm³/mol. The molecule has 0 aliphatic carbocycles. The maximum Gasteiger partial charge on any atom is 0.145 e. The summed E-state index contributed by atoms with van der Waals surface area (Å²) in [5.41, 5.74) is 13.2. The Balaban J connectivity index is 1.16. The molecule has 0 spiro atoms. The molecule has 252 valence electrons. The summed E-state index contributed by atoms with van der Waals surface area (Å²) in [6.07, 6.45) is 0. The van der Waals surface area contributed by atoms with E-state index in [-0.39, 0.29) is 0 Å². The first-order valence-corrected chi connectivity index (χ1v) is 18.4. The molecule has 0 atom stereocenters. The molecule has 2 aromatic heterocycles. The summed E-state index contributed by atoms with van der Waals surface area (Å²) in [5.74, 6) is 0.931. The van der Waals surface area contributed by atoms with Crippen molar-refractivity contribution in [3.05, 3.63) is 194 Å². The molecular formula is C51H32N2O. The van der Waals surface area contributed by atoms with Crippen LogP contribution in [0.15, 0.2) is 199 Å². The predicted octanol–water partition coefficient (Wildman–Crippen LogP) is 13.9. The lowest BCUT2D eigenvalue weighted by atomic mass is 9.84. The quantitative estimate of drug-likeness (QED) is 0.169. The summed E-state index contributed by atoms with van der Waals surface area (Å²) in [6, 6.07) is 69.3. The molecule has 3 nitrogen and oxygen atoms in total. The molecule has 0 aliphatic heterocycles. The maximum atomic E-state index is 6.26. The van der Waals surface area contributed by atoms with Crippen LogP contribution >= 0.6 is 0 Å². The molecule has 0 fully saturated rings. The topological polar surface area (TPSA) is 31.0 Å². The minimum absolute atomic E-state index is 0.899. The van der Waals surface area contributed by atoms with Gasteiger partial charge in [-0.25, -0.2) is 4.98 Å². The van der Waals surface area contributed by atoms with Gasteiger partial charge in [-0.1, -0.05) is 146 Å². The molecule has 0 aliphatic rings. The Morgan fingerprint density at radius 1 is 0.352 bits per heavy atom. The largest absolute Gasteiger partial charge is 0.456 e. The lowest BCUT2D eigenvalue weighted by molar-refractivity contribution is 0.669. The first-order chi connectivity index (χ1) is 26.8. The fourth-order valence-corrected chi connectivity index (χ4v) is 8.34. The SMILES string of the molecule is c1ccc(-c2ccc3c(-c4ccc(-n5c(-c6ccccc6)nc6ccccc65)cc4)c4ccccc4c(-c4ccc5oc6ccccc6c5c4)c3c2)cc1. The average molecular weight is 689 g/mol. The third-order valence-corrected chi connectivity index (χ3v) is 10.8. The Morgan fingerprint density at radius 2 is 0.907 bits per heavy atom. The Bertz CT molecular complexity index is 3190. The smallest absolute Gasteiger partial charge is 0.145 e. The van der Waals surface area contributed by atoms with Crippen LogP contribution in [0.1, 0.15) is 0 Å². The van der Waals surface area contributed by atoms with Crippen LogP contribution in [0.3, 0.4) is 0 Å². The third kappa shape index (κ3) is 4.79. The minimum Gasteiger partial charge on any atom is -0.456 e. The van der Waals surface area contributed by atoms with Gasteiger partial charge in [0, 0.05) is 22.0 Å². The van der Waals surface area contributed by atoms with E-state index in [0.717, 1.165) is 50.0 Å². The van der Waals surface area contributed by atoms with Gasteiger partial charge in [0.1, 0.15) is 17.0 Å². The second kappa shape index (κ2) is 12.2. The molecule has 2 heterocycles. The number of nitrogens with zero attached hydrogens (tertiary/aromatic N) is 2. The van der Waals surface area contributed by atoms with Gasteiger partial charge in [0.15, 0.2) is 0 Å². The van der Waals surface area contributed by atoms with Crippen molar-refractivity contribution in [2.75, 3.05) is 0 Å². The van der Waals surface area contributed by atoms with E-state index in [1.807, 2.05) is 18.2 Å². The summed E-state index contributed by atoms with van der Waals surface area (Å²) in [5, 5.41) is 7.12. The van der Waals surface area contributed by atoms with Crippen molar-refractivity contribution in [1.29, 1.82) is 0 Å². The zero-order valence-corrected chi connectivity index (χ0v) is 29.3. The molecule has 9 aromatic carbocycles. The van der Waals surface area contributed by atoms with Gasteiger partial charge >= 0.3 is 0 Å². The van der Waals surface area contributed by atoms with Crippen LogP contribution < -0.4 is 0 Å². The van der Waals surface area contributed by atoms with Crippen LogP contribution in [0.25, 0.3) is 105 Å². The monoisotopic (exact) mass is 688 g/mol. The van der Waals surface area contributed by atoms with Gasteiger partial charge in [0.05, 0.1) is 11.0 Å². The van der Waals surface area contributed by atoms with Gasteiger partial charge in [-0.15, -0.1) is 0 Å². The van der Waals surface area contributed by atoms with Gasteiger partial charge in [-0.05, 0) is 103 Å². The van der Waals surface area contributed by atoms with E-state index < -0.39 is 0 Å². The molecule has 0 amide bonds. The number of benzene rings is 9. The van der Waals surface area contributed by atoms with Gasteiger partial charge in [0.2, 0.25) is 0 Å². The molecule has 0 saturated carbocycles. The fraction of sp³-hybridized carbons (Fsp3) is 0. The zero-order chi connectivity index (χ0) is 35.6. The van der Waals surface area contributed by atoms with E-state index in [2.05, 4.69) is 180 Å². The maximum absolute atomic E-state index is 6.26. The molecule has 3 heteroatoms. The van der Waals surface area contributed by atoms with Crippen LogP contribution in [0.4, 0.5) is 0 Å². The van der Waals surface area contributed by atoms with Crippen molar-refractivity contribution in [2.24, 2.45) is 0 Å².